The zero-order valence-corrected chi connectivity index (χ0v) is 29.4. The summed E-state index contributed by atoms with van der Waals surface area (Å²) in [5.74, 6) is 0. The number of aromatic nitrogens is 3. The highest BCUT2D eigenvalue weighted by atomic mass is 14.8. The van der Waals surface area contributed by atoms with Crippen molar-refractivity contribution in [3.63, 3.8) is 0 Å². The Bertz CT molecular complexity index is 2900. The van der Waals surface area contributed by atoms with Gasteiger partial charge in [0.1, 0.15) is 0 Å². The van der Waals surface area contributed by atoms with Crippen molar-refractivity contribution in [3.8, 4) is 67.0 Å². The van der Waals surface area contributed by atoms with E-state index in [4.69, 9.17) is 15.0 Å². The van der Waals surface area contributed by atoms with Crippen LogP contribution in [0.15, 0.2) is 200 Å². The average molecular weight is 688 g/mol. The van der Waals surface area contributed by atoms with Crippen LogP contribution in [0.25, 0.3) is 99.6 Å². The van der Waals surface area contributed by atoms with Crippen molar-refractivity contribution in [2.24, 2.45) is 0 Å². The summed E-state index contributed by atoms with van der Waals surface area (Å²) in [5, 5.41) is 4.61. The molecule has 0 unspecified atom stereocenters. The lowest BCUT2D eigenvalue weighted by molar-refractivity contribution is 1.31. The number of fused-ring (bicyclic) bond motifs is 6. The molecule has 2 aromatic heterocycles. The fraction of sp³-hybridized carbons (Fsp3) is 0. The van der Waals surface area contributed by atoms with Gasteiger partial charge in [-0.05, 0) is 91.7 Å². The molecule has 252 valence electrons. The van der Waals surface area contributed by atoms with Crippen molar-refractivity contribution in [3.05, 3.63) is 200 Å². The second-order valence-corrected chi connectivity index (χ2v) is 13.7. The van der Waals surface area contributed by atoms with Crippen LogP contribution in [0.2, 0.25) is 0 Å². The number of rotatable bonds is 6. The molecule has 10 aromatic rings. The zero-order valence-electron chi connectivity index (χ0n) is 29.4. The molecule has 0 saturated heterocycles. The molecule has 0 atom stereocenters. The van der Waals surface area contributed by atoms with Gasteiger partial charge in [-0.3, -0.25) is 9.97 Å². The fourth-order valence-corrected chi connectivity index (χ4v) is 7.66. The van der Waals surface area contributed by atoms with Gasteiger partial charge in [-0.25, -0.2) is 4.98 Å². The molecule has 0 spiro atoms. The summed E-state index contributed by atoms with van der Waals surface area (Å²) in [7, 11) is 0. The number of pyridine rings is 1. The molecule has 0 aliphatic carbocycles. The Labute approximate surface area is 313 Å². The quantitative estimate of drug-likeness (QED) is 0.163. The predicted molar refractivity (Wildman–Crippen MR) is 225 cm³/mol. The number of hydrogen-bond donors (Lipinski definition) is 0. The van der Waals surface area contributed by atoms with E-state index in [0.29, 0.717) is 0 Å². The standard InChI is InChI=1S/C51H33N3/c1-3-12-34(13-4-1)48-32-43(33-49(54-48)35-14-5-2-6-15-35)41-21-11-19-39(30-41)37-17-9-16-36(28-37)38-18-10-20-40(29-38)42-24-25-46-47(31-42)44-22-7-8-23-45(44)50-51(46)53-27-26-52-50/h1-33H. The van der Waals surface area contributed by atoms with Crippen LogP contribution in [-0.4, -0.2) is 15.0 Å². The fourth-order valence-electron chi connectivity index (χ4n) is 7.66. The van der Waals surface area contributed by atoms with Crippen molar-refractivity contribution in [2.75, 3.05) is 0 Å². The van der Waals surface area contributed by atoms with Gasteiger partial charge in [0.15, 0.2) is 0 Å². The highest BCUT2D eigenvalue weighted by molar-refractivity contribution is 6.23. The Hall–Kier alpha value is -7.23. The van der Waals surface area contributed by atoms with Gasteiger partial charge in [0, 0.05) is 34.3 Å². The molecule has 2 heterocycles. The minimum atomic E-state index is 0.935. The molecule has 0 aliphatic heterocycles. The third-order valence-corrected chi connectivity index (χ3v) is 10.3. The van der Waals surface area contributed by atoms with Gasteiger partial charge in [-0.15, -0.1) is 0 Å². The molecule has 54 heavy (non-hydrogen) atoms. The summed E-state index contributed by atoms with van der Waals surface area (Å²) in [5.41, 5.74) is 15.3. The maximum absolute atomic E-state index is 5.09. The van der Waals surface area contributed by atoms with E-state index < -0.39 is 0 Å². The molecule has 0 N–H and O–H groups in total. The Kier molecular flexibility index (Phi) is 7.81. The first-order chi connectivity index (χ1) is 26.7. The third-order valence-electron chi connectivity index (χ3n) is 10.3. The van der Waals surface area contributed by atoms with E-state index >= 15 is 0 Å². The van der Waals surface area contributed by atoms with Crippen LogP contribution < -0.4 is 0 Å². The van der Waals surface area contributed by atoms with Crippen LogP contribution in [0.5, 0.6) is 0 Å². The normalized spacial score (nSPS) is 11.3. The maximum Gasteiger partial charge on any atom is 0.0971 e. The van der Waals surface area contributed by atoms with Gasteiger partial charge in [0.05, 0.1) is 22.4 Å². The number of nitrogens with zero attached hydrogens (tertiary/aromatic N) is 3. The largest absolute Gasteiger partial charge is 0.252 e. The Morgan fingerprint density at radius 2 is 0.630 bits per heavy atom. The van der Waals surface area contributed by atoms with Gasteiger partial charge in [-0.2, -0.15) is 0 Å². The Balaban J connectivity index is 1.02. The third kappa shape index (κ3) is 5.78. The second-order valence-electron chi connectivity index (χ2n) is 13.7. The molecule has 8 aromatic carbocycles. The maximum atomic E-state index is 5.09. The molecular weight excluding hydrogens is 655 g/mol. The van der Waals surface area contributed by atoms with Gasteiger partial charge < -0.3 is 0 Å². The lowest BCUT2D eigenvalue weighted by Gasteiger charge is -2.13. The van der Waals surface area contributed by atoms with Gasteiger partial charge in [0.25, 0.3) is 0 Å². The first-order valence-corrected chi connectivity index (χ1v) is 18.2. The highest BCUT2D eigenvalue weighted by Crippen LogP contribution is 2.37. The Morgan fingerprint density at radius 3 is 1.13 bits per heavy atom. The van der Waals surface area contributed by atoms with Crippen molar-refractivity contribution < 1.29 is 0 Å². The summed E-state index contributed by atoms with van der Waals surface area (Å²) >= 11 is 0. The van der Waals surface area contributed by atoms with Crippen LogP contribution in [-0.2, 0) is 0 Å². The lowest BCUT2D eigenvalue weighted by Crippen LogP contribution is -1.91. The van der Waals surface area contributed by atoms with E-state index in [1.165, 1.54) is 44.2 Å². The molecule has 0 saturated carbocycles. The molecule has 3 heteroatoms. The summed E-state index contributed by atoms with van der Waals surface area (Å²) in [6.07, 6.45) is 3.55. The molecule has 3 nitrogen and oxygen atoms in total. The molecule has 0 bridgehead atoms. The van der Waals surface area contributed by atoms with E-state index in [9.17, 15) is 0 Å². The summed E-state index contributed by atoms with van der Waals surface area (Å²) in [4.78, 5) is 14.5. The predicted octanol–water partition coefficient (Wildman–Crippen LogP) is 13.3. The van der Waals surface area contributed by atoms with Crippen LogP contribution in [0.4, 0.5) is 0 Å². The van der Waals surface area contributed by atoms with Crippen LogP contribution in [0, 0.1) is 0 Å². The monoisotopic (exact) mass is 687 g/mol. The molecule has 0 radical (unpaired) electrons. The summed E-state index contributed by atoms with van der Waals surface area (Å²) in [6, 6.07) is 67.0. The van der Waals surface area contributed by atoms with E-state index in [-0.39, 0.29) is 0 Å². The zero-order chi connectivity index (χ0) is 35.8. The van der Waals surface area contributed by atoms with Crippen LogP contribution >= 0.6 is 0 Å². The van der Waals surface area contributed by atoms with E-state index in [0.717, 1.165) is 55.4 Å². The summed E-state index contributed by atoms with van der Waals surface area (Å²) in [6.45, 7) is 0. The van der Waals surface area contributed by atoms with Crippen LogP contribution in [0.3, 0.4) is 0 Å². The van der Waals surface area contributed by atoms with Crippen molar-refractivity contribution in [1.29, 1.82) is 0 Å². The molecule has 0 fully saturated rings. The minimum Gasteiger partial charge on any atom is -0.252 e. The van der Waals surface area contributed by atoms with E-state index in [1.54, 1.807) is 12.4 Å². The number of hydrogen-bond acceptors (Lipinski definition) is 3. The van der Waals surface area contributed by atoms with Crippen molar-refractivity contribution >= 4 is 32.6 Å². The second kappa shape index (κ2) is 13.4. The lowest BCUT2D eigenvalue weighted by atomic mass is 9.93. The molecule has 0 amide bonds. The SMILES string of the molecule is c1ccc(-c2cc(-c3cccc(-c4cccc(-c5cccc(-c6ccc7c(c6)c6ccccc6c6nccnc76)c5)c4)c3)cc(-c3ccccc3)n2)cc1. The van der Waals surface area contributed by atoms with Crippen molar-refractivity contribution in [1.82, 2.24) is 15.0 Å². The first-order valence-electron chi connectivity index (χ1n) is 18.2. The van der Waals surface area contributed by atoms with Gasteiger partial charge in [-0.1, -0.05) is 152 Å². The molecular formula is C51H33N3. The Morgan fingerprint density at radius 1 is 0.241 bits per heavy atom. The molecule has 10 rings (SSSR count). The summed E-state index contributed by atoms with van der Waals surface area (Å²) < 4.78 is 0. The van der Waals surface area contributed by atoms with Crippen molar-refractivity contribution in [2.45, 2.75) is 0 Å². The van der Waals surface area contributed by atoms with E-state index in [2.05, 4.69) is 176 Å². The molecule has 0 aliphatic rings. The smallest absolute Gasteiger partial charge is 0.0971 e. The van der Waals surface area contributed by atoms with Gasteiger partial charge >= 0.3 is 0 Å². The minimum absolute atomic E-state index is 0.935. The van der Waals surface area contributed by atoms with Crippen LogP contribution in [0.1, 0.15) is 0 Å². The van der Waals surface area contributed by atoms with E-state index in [1.807, 2.05) is 12.1 Å². The topological polar surface area (TPSA) is 38.7 Å². The highest BCUT2D eigenvalue weighted by Gasteiger charge is 2.13. The number of benzene rings is 8. The average Bonchev–Trinajstić information content (AvgIpc) is 3.27. The van der Waals surface area contributed by atoms with Gasteiger partial charge in [0.2, 0.25) is 0 Å². The first kappa shape index (κ1) is 31.5.